The normalized spacial score (nSPS) is 12.2. The lowest BCUT2D eigenvalue weighted by atomic mass is 10.3. The van der Waals surface area contributed by atoms with E-state index in [1.165, 1.54) is 0 Å². The van der Waals surface area contributed by atoms with E-state index in [-0.39, 0.29) is 5.75 Å². The van der Waals surface area contributed by atoms with Gasteiger partial charge in [-0.1, -0.05) is 13.8 Å². The summed E-state index contributed by atoms with van der Waals surface area (Å²) in [5, 5.41) is 3.27. The molecule has 6 heteroatoms. The minimum atomic E-state index is -3.05. The number of unbranched alkanes of at least 4 members (excludes halogenated alkanes) is 1. The highest BCUT2D eigenvalue weighted by molar-refractivity contribution is 7.98. The van der Waals surface area contributed by atoms with Crippen LogP contribution >= 0.6 is 11.8 Å². The molecular formula is C11H26N2O2S2. The Labute approximate surface area is 110 Å². The minimum absolute atomic E-state index is 0.242. The van der Waals surface area contributed by atoms with E-state index in [2.05, 4.69) is 23.9 Å². The largest absolute Gasteiger partial charge is 0.315 e. The summed E-state index contributed by atoms with van der Waals surface area (Å²) in [7, 11) is -3.05. The molecule has 4 nitrogen and oxygen atoms in total. The van der Waals surface area contributed by atoms with Gasteiger partial charge in [0.05, 0.1) is 5.75 Å². The van der Waals surface area contributed by atoms with Crippen LogP contribution in [0.5, 0.6) is 0 Å². The molecule has 0 aliphatic carbocycles. The standard InChI is InChI=1S/C11H26N2O2S2/c1-11(2)12-7-4-5-10-17(14,15)13-8-6-9-16-3/h11-13H,4-10H2,1-3H3. The fourth-order valence-corrected chi connectivity index (χ4v) is 2.94. The molecule has 0 aliphatic heterocycles. The quantitative estimate of drug-likeness (QED) is 0.563. The molecule has 0 saturated carbocycles. The summed E-state index contributed by atoms with van der Waals surface area (Å²) in [5.74, 6) is 1.24. The first-order valence-corrected chi connectivity index (χ1v) is 9.22. The van der Waals surface area contributed by atoms with Crippen molar-refractivity contribution in [1.29, 1.82) is 0 Å². The van der Waals surface area contributed by atoms with Crippen LogP contribution in [-0.4, -0.2) is 45.3 Å². The molecule has 0 radical (unpaired) electrons. The van der Waals surface area contributed by atoms with Crippen molar-refractivity contribution in [3.8, 4) is 0 Å². The van der Waals surface area contributed by atoms with E-state index in [1.54, 1.807) is 11.8 Å². The molecule has 0 fully saturated rings. The Bertz CT molecular complexity index is 267. The topological polar surface area (TPSA) is 58.2 Å². The fraction of sp³-hybridized carbons (Fsp3) is 1.00. The number of rotatable bonds is 11. The third kappa shape index (κ3) is 12.5. The molecule has 0 spiro atoms. The van der Waals surface area contributed by atoms with Gasteiger partial charge in [0.1, 0.15) is 0 Å². The van der Waals surface area contributed by atoms with Crippen LogP contribution in [-0.2, 0) is 10.0 Å². The number of nitrogens with one attached hydrogen (secondary N) is 2. The maximum absolute atomic E-state index is 11.6. The van der Waals surface area contributed by atoms with E-state index in [1.807, 2.05) is 6.26 Å². The average molecular weight is 282 g/mol. The summed E-state index contributed by atoms with van der Waals surface area (Å²) in [6.45, 7) is 5.63. The van der Waals surface area contributed by atoms with E-state index in [0.717, 1.165) is 31.6 Å². The van der Waals surface area contributed by atoms with Gasteiger partial charge < -0.3 is 5.32 Å². The molecule has 0 unspecified atom stereocenters. The molecule has 0 aliphatic rings. The van der Waals surface area contributed by atoms with E-state index >= 15 is 0 Å². The van der Waals surface area contributed by atoms with E-state index in [9.17, 15) is 8.42 Å². The summed E-state index contributed by atoms with van der Waals surface area (Å²) in [6.07, 6.45) is 4.55. The van der Waals surface area contributed by atoms with Gasteiger partial charge in [-0.25, -0.2) is 13.1 Å². The van der Waals surface area contributed by atoms with Crippen molar-refractivity contribution in [2.24, 2.45) is 0 Å². The first kappa shape index (κ1) is 17.2. The second kappa shape index (κ2) is 10.2. The maximum atomic E-state index is 11.6. The van der Waals surface area contributed by atoms with Gasteiger partial charge in [0.15, 0.2) is 0 Å². The molecule has 17 heavy (non-hydrogen) atoms. The number of thioether (sulfide) groups is 1. The lowest BCUT2D eigenvalue weighted by Crippen LogP contribution is -2.28. The molecule has 0 aromatic rings. The zero-order chi connectivity index (χ0) is 13.1. The maximum Gasteiger partial charge on any atom is 0.211 e. The lowest BCUT2D eigenvalue weighted by molar-refractivity contribution is 0.555. The van der Waals surface area contributed by atoms with Gasteiger partial charge in [-0.3, -0.25) is 0 Å². The number of hydrogen-bond donors (Lipinski definition) is 2. The van der Waals surface area contributed by atoms with Crippen LogP contribution in [0.4, 0.5) is 0 Å². The third-order valence-corrected chi connectivity index (χ3v) is 4.41. The van der Waals surface area contributed by atoms with Crippen molar-refractivity contribution >= 4 is 21.8 Å². The zero-order valence-corrected chi connectivity index (χ0v) is 12.8. The van der Waals surface area contributed by atoms with Gasteiger partial charge in [0.2, 0.25) is 10.0 Å². The molecule has 0 bridgehead atoms. The van der Waals surface area contributed by atoms with Gasteiger partial charge in [-0.2, -0.15) is 11.8 Å². The van der Waals surface area contributed by atoms with E-state index in [4.69, 9.17) is 0 Å². The average Bonchev–Trinajstić information content (AvgIpc) is 2.23. The Kier molecular flexibility index (Phi) is 10.3. The van der Waals surface area contributed by atoms with Gasteiger partial charge >= 0.3 is 0 Å². The van der Waals surface area contributed by atoms with Crippen LogP contribution in [0.15, 0.2) is 0 Å². The fourth-order valence-electron chi connectivity index (χ4n) is 1.32. The highest BCUT2D eigenvalue weighted by Gasteiger charge is 2.08. The summed E-state index contributed by atoms with van der Waals surface area (Å²) < 4.78 is 25.7. The van der Waals surface area contributed by atoms with Crippen molar-refractivity contribution in [1.82, 2.24) is 10.0 Å². The van der Waals surface area contributed by atoms with Gasteiger partial charge in [-0.05, 0) is 37.8 Å². The zero-order valence-electron chi connectivity index (χ0n) is 11.2. The second-order valence-corrected chi connectivity index (χ2v) is 7.29. The molecule has 104 valence electrons. The first-order valence-electron chi connectivity index (χ1n) is 6.17. The van der Waals surface area contributed by atoms with Crippen LogP contribution in [0.25, 0.3) is 0 Å². The predicted molar refractivity (Wildman–Crippen MR) is 77.2 cm³/mol. The number of sulfonamides is 1. The molecule has 0 aromatic heterocycles. The predicted octanol–water partition coefficient (Wildman–Crippen LogP) is 1.44. The molecule has 0 saturated heterocycles. The molecule has 0 heterocycles. The molecule has 0 atom stereocenters. The van der Waals surface area contributed by atoms with Crippen molar-refractivity contribution in [2.75, 3.05) is 30.9 Å². The minimum Gasteiger partial charge on any atom is -0.315 e. The molecule has 0 amide bonds. The Morgan fingerprint density at radius 1 is 1.12 bits per heavy atom. The van der Waals surface area contributed by atoms with Crippen molar-refractivity contribution < 1.29 is 8.42 Å². The second-order valence-electron chi connectivity index (χ2n) is 4.38. The van der Waals surface area contributed by atoms with Crippen molar-refractivity contribution in [3.63, 3.8) is 0 Å². The summed E-state index contributed by atoms with van der Waals surface area (Å²) in [4.78, 5) is 0. The molecule has 0 aromatic carbocycles. The smallest absolute Gasteiger partial charge is 0.211 e. The SMILES string of the molecule is CSCCCNS(=O)(=O)CCCCNC(C)C. The summed E-state index contributed by atoms with van der Waals surface area (Å²) in [6, 6.07) is 0.469. The van der Waals surface area contributed by atoms with Gasteiger partial charge in [0, 0.05) is 12.6 Å². The van der Waals surface area contributed by atoms with Crippen molar-refractivity contribution in [3.05, 3.63) is 0 Å². The van der Waals surface area contributed by atoms with Crippen LogP contribution in [0.1, 0.15) is 33.1 Å². The highest BCUT2D eigenvalue weighted by atomic mass is 32.2. The van der Waals surface area contributed by atoms with E-state index in [0.29, 0.717) is 12.6 Å². The van der Waals surface area contributed by atoms with Crippen LogP contribution in [0, 0.1) is 0 Å². The van der Waals surface area contributed by atoms with Crippen LogP contribution < -0.4 is 10.0 Å². The van der Waals surface area contributed by atoms with Crippen molar-refractivity contribution in [2.45, 2.75) is 39.2 Å². The molecule has 2 N–H and O–H groups in total. The Morgan fingerprint density at radius 2 is 1.82 bits per heavy atom. The lowest BCUT2D eigenvalue weighted by Gasteiger charge is -2.08. The summed E-state index contributed by atoms with van der Waals surface area (Å²) in [5.41, 5.74) is 0. The highest BCUT2D eigenvalue weighted by Crippen LogP contribution is 1.97. The van der Waals surface area contributed by atoms with Crippen LogP contribution in [0.2, 0.25) is 0 Å². The number of hydrogen-bond acceptors (Lipinski definition) is 4. The summed E-state index contributed by atoms with van der Waals surface area (Å²) >= 11 is 1.74. The monoisotopic (exact) mass is 282 g/mol. The molecule has 0 rings (SSSR count). The Hall–Kier alpha value is 0.220. The Morgan fingerprint density at radius 3 is 2.41 bits per heavy atom. The Balaban J connectivity index is 3.51. The molecular weight excluding hydrogens is 256 g/mol. The van der Waals surface area contributed by atoms with E-state index < -0.39 is 10.0 Å². The third-order valence-electron chi connectivity index (χ3n) is 2.24. The van der Waals surface area contributed by atoms with Gasteiger partial charge in [-0.15, -0.1) is 0 Å². The van der Waals surface area contributed by atoms with Crippen LogP contribution in [0.3, 0.4) is 0 Å². The van der Waals surface area contributed by atoms with Gasteiger partial charge in [0.25, 0.3) is 0 Å². The first-order chi connectivity index (χ1) is 7.98.